The van der Waals surface area contributed by atoms with E-state index in [-0.39, 0.29) is 11.3 Å². The molecular formula is C7H3FN2O2. The monoisotopic (exact) mass is 165 g/mol. The molecule has 60 valence electrons. The molecule has 5 heteroatoms. The normalized spacial score (nSPS) is 9.00. The molecule has 0 atom stereocenters. The van der Waals surface area contributed by atoms with E-state index in [0.29, 0.717) is 0 Å². The van der Waals surface area contributed by atoms with Crippen LogP contribution in [-0.4, -0.2) is 4.92 Å². The number of rotatable bonds is 1. The molecule has 12 heavy (non-hydrogen) atoms. The number of hydrogen-bond donors (Lipinski definition) is 0. The maximum atomic E-state index is 12.7. The van der Waals surface area contributed by atoms with Crippen molar-refractivity contribution in [3.63, 3.8) is 0 Å². The van der Waals surface area contributed by atoms with E-state index >= 15 is 0 Å². The molecule has 0 unspecified atom stereocenters. The predicted molar refractivity (Wildman–Crippen MR) is 37.8 cm³/mol. The van der Waals surface area contributed by atoms with E-state index < -0.39 is 10.7 Å². The standard InChI is InChI=1S/C7H3FN2O2/c8-7-3-6(10(11)12)2-1-5(7)4-9/h1-3H/i8-1. The number of nitro benzene ring substituents is 1. The second-order valence-corrected chi connectivity index (χ2v) is 2.03. The van der Waals surface area contributed by atoms with Gasteiger partial charge in [-0.05, 0) is 6.07 Å². The molecule has 0 aromatic heterocycles. The Labute approximate surface area is 67.0 Å². The Morgan fingerprint density at radius 1 is 1.58 bits per heavy atom. The smallest absolute Gasteiger partial charge is 0.258 e. The van der Waals surface area contributed by atoms with Gasteiger partial charge in [-0.15, -0.1) is 0 Å². The molecule has 0 bridgehead atoms. The Morgan fingerprint density at radius 3 is 2.67 bits per heavy atom. The Hall–Kier alpha value is -1.96. The molecule has 4 nitrogen and oxygen atoms in total. The van der Waals surface area contributed by atoms with Gasteiger partial charge in [0.15, 0.2) is 0 Å². The van der Waals surface area contributed by atoms with Gasteiger partial charge in [-0.25, -0.2) is 4.39 Å². The molecule has 0 fully saturated rings. The molecule has 0 spiro atoms. The zero-order valence-electron chi connectivity index (χ0n) is 5.82. The van der Waals surface area contributed by atoms with Crippen LogP contribution in [0.5, 0.6) is 0 Å². The van der Waals surface area contributed by atoms with Gasteiger partial charge in [0, 0.05) is 6.07 Å². The summed E-state index contributed by atoms with van der Waals surface area (Å²) in [5.41, 5.74) is -0.549. The first kappa shape index (κ1) is 8.14. The quantitative estimate of drug-likeness (QED) is 0.468. The minimum absolute atomic E-state index is 0.194. The number of non-ortho nitro benzene ring substituents is 1. The second-order valence-electron chi connectivity index (χ2n) is 2.03. The summed E-state index contributed by atoms with van der Waals surface area (Å²) in [5, 5.41) is 18.4. The lowest BCUT2D eigenvalue weighted by atomic mass is 10.2. The Kier molecular flexibility index (Phi) is 2.01. The molecule has 0 aliphatic heterocycles. The van der Waals surface area contributed by atoms with Crippen LogP contribution in [0.4, 0.5) is 10.1 Å². The van der Waals surface area contributed by atoms with Crippen molar-refractivity contribution in [1.82, 2.24) is 0 Å². The van der Waals surface area contributed by atoms with Crippen molar-refractivity contribution in [2.24, 2.45) is 0 Å². The van der Waals surface area contributed by atoms with Crippen molar-refractivity contribution in [3.8, 4) is 6.07 Å². The van der Waals surface area contributed by atoms with E-state index in [2.05, 4.69) is 0 Å². The van der Waals surface area contributed by atoms with Crippen molar-refractivity contribution < 1.29 is 9.31 Å². The lowest BCUT2D eigenvalue weighted by Crippen LogP contribution is -1.90. The molecule has 1 aromatic carbocycles. The van der Waals surface area contributed by atoms with Crippen LogP contribution in [0.3, 0.4) is 0 Å². The van der Waals surface area contributed by atoms with Gasteiger partial charge in [0.05, 0.1) is 16.6 Å². The third-order valence-electron chi connectivity index (χ3n) is 1.28. The van der Waals surface area contributed by atoms with Crippen LogP contribution in [0.15, 0.2) is 18.2 Å². The fraction of sp³-hybridized carbons (Fsp3) is 0. The van der Waals surface area contributed by atoms with Crippen LogP contribution in [0, 0.1) is 27.3 Å². The van der Waals surface area contributed by atoms with Crippen LogP contribution < -0.4 is 0 Å². The van der Waals surface area contributed by atoms with Gasteiger partial charge in [-0.3, -0.25) is 10.1 Å². The summed E-state index contributed by atoms with van der Waals surface area (Å²) < 4.78 is 12.7. The summed E-state index contributed by atoms with van der Waals surface area (Å²) in [6, 6.07) is 4.45. The van der Waals surface area contributed by atoms with Gasteiger partial charge in [0.25, 0.3) is 5.69 Å². The number of nitro groups is 1. The van der Waals surface area contributed by atoms with E-state index in [0.717, 1.165) is 18.2 Å². The van der Waals surface area contributed by atoms with Crippen LogP contribution in [0.25, 0.3) is 0 Å². The summed E-state index contributed by atoms with van der Waals surface area (Å²) in [5.74, 6) is -0.869. The number of benzene rings is 1. The minimum atomic E-state index is -0.869. The van der Waals surface area contributed by atoms with Crippen LogP contribution in [0.1, 0.15) is 5.56 Å². The average molecular weight is 165 g/mol. The zero-order valence-corrected chi connectivity index (χ0v) is 5.82. The van der Waals surface area contributed by atoms with Gasteiger partial charge in [0.1, 0.15) is 11.9 Å². The van der Waals surface area contributed by atoms with Gasteiger partial charge < -0.3 is 0 Å². The van der Waals surface area contributed by atoms with Crippen molar-refractivity contribution >= 4 is 5.69 Å². The molecule has 1 aromatic rings. The Balaban J connectivity index is 3.21. The fourth-order valence-corrected chi connectivity index (χ4v) is 0.708. The maximum Gasteiger partial charge on any atom is 0.272 e. The predicted octanol–water partition coefficient (Wildman–Crippen LogP) is 1.61. The number of halogens is 1. The SMILES string of the molecule is N#Cc1ccc([N+](=O)[O-])cc1[18F]. The summed E-state index contributed by atoms with van der Waals surface area (Å²) in [6.07, 6.45) is 0. The molecule has 0 amide bonds. The van der Waals surface area contributed by atoms with Gasteiger partial charge in [-0.1, -0.05) is 0 Å². The first-order valence-corrected chi connectivity index (χ1v) is 2.99. The molecular weight excluding hydrogens is 162 g/mol. The summed E-state index contributed by atoms with van der Waals surface area (Å²) in [6.45, 7) is 0. The molecule has 0 saturated heterocycles. The van der Waals surface area contributed by atoms with Gasteiger partial charge in [-0.2, -0.15) is 5.26 Å². The largest absolute Gasteiger partial charge is 0.272 e. The van der Waals surface area contributed by atoms with E-state index in [1.54, 1.807) is 6.07 Å². The highest BCUT2D eigenvalue weighted by Gasteiger charge is 2.09. The first-order chi connectivity index (χ1) is 5.65. The van der Waals surface area contributed by atoms with E-state index in [1.807, 2.05) is 0 Å². The second kappa shape index (κ2) is 2.96. The van der Waals surface area contributed by atoms with Gasteiger partial charge in [0.2, 0.25) is 0 Å². The summed E-state index contributed by atoms with van der Waals surface area (Å²) in [7, 11) is 0. The number of nitriles is 1. The topological polar surface area (TPSA) is 66.9 Å². The molecule has 0 aliphatic rings. The molecule has 1 rings (SSSR count). The van der Waals surface area contributed by atoms with E-state index in [9.17, 15) is 14.5 Å². The number of nitrogens with zero attached hydrogens (tertiary/aromatic N) is 2. The first-order valence-electron chi connectivity index (χ1n) is 2.99. The molecule has 0 radical (unpaired) electrons. The fourth-order valence-electron chi connectivity index (χ4n) is 0.708. The van der Waals surface area contributed by atoms with Crippen molar-refractivity contribution in [2.75, 3.05) is 0 Å². The van der Waals surface area contributed by atoms with Crippen molar-refractivity contribution in [3.05, 3.63) is 39.7 Å². The molecule has 0 heterocycles. The Bertz CT molecular complexity index is 370. The zero-order chi connectivity index (χ0) is 9.14. The van der Waals surface area contributed by atoms with Gasteiger partial charge >= 0.3 is 0 Å². The number of hydrogen-bond acceptors (Lipinski definition) is 3. The van der Waals surface area contributed by atoms with Crippen molar-refractivity contribution in [2.45, 2.75) is 0 Å². The minimum Gasteiger partial charge on any atom is -0.258 e. The van der Waals surface area contributed by atoms with Crippen molar-refractivity contribution in [1.29, 1.82) is 5.26 Å². The highest BCUT2D eigenvalue weighted by molar-refractivity contribution is 5.39. The summed E-state index contributed by atoms with van der Waals surface area (Å²) >= 11 is 0. The summed E-state index contributed by atoms with van der Waals surface area (Å²) in [4.78, 5) is 9.39. The van der Waals surface area contributed by atoms with Crippen LogP contribution in [-0.2, 0) is 0 Å². The average Bonchev–Trinajstić information content (AvgIpc) is 2.04. The third kappa shape index (κ3) is 1.37. The highest BCUT2D eigenvalue weighted by atomic mass is 18.2. The molecule has 0 saturated carbocycles. The lowest BCUT2D eigenvalue weighted by molar-refractivity contribution is -0.385. The maximum absolute atomic E-state index is 12.7. The molecule has 0 aliphatic carbocycles. The van der Waals surface area contributed by atoms with Crippen LogP contribution >= 0.6 is 0 Å². The molecule has 0 N–H and O–H groups in total. The van der Waals surface area contributed by atoms with Crippen LogP contribution in [0.2, 0.25) is 0 Å². The van der Waals surface area contributed by atoms with E-state index in [4.69, 9.17) is 5.26 Å². The highest BCUT2D eigenvalue weighted by Crippen LogP contribution is 2.15. The Morgan fingerprint density at radius 2 is 2.25 bits per heavy atom. The third-order valence-corrected chi connectivity index (χ3v) is 1.28. The lowest BCUT2D eigenvalue weighted by Gasteiger charge is -1.92. The van der Waals surface area contributed by atoms with E-state index in [1.165, 1.54) is 0 Å².